The van der Waals surface area contributed by atoms with Crippen molar-refractivity contribution in [2.75, 3.05) is 18.2 Å². The van der Waals surface area contributed by atoms with E-state index in [1.165, 1.54) is 18.3 Å². The summed E-state index contributed by atoms with van der Waals surface area (Å²) in [5.74, 6) is 0.633. The molecule has 0 aliphatic rings. The van der Waals surface area contributed by atoms with Gasteiger partial charge in [-0.05, 0) is 17.7 Å². The largest absolute Gasteiger partial charge is 0.497 e. The highest BCUT2D eigenvalue weighted by Gasteiger charge is 2.18. The van der Waals surface area contributed by atoms with Gasteiger partial charge in [-0.25, -0.2) is 0 Å². The number of carbonyl (C=O) groups excluding carboxylic acids is 1. The third kappa shape index (κ3) is 3.15. The highest BCUT2D eigenvalue weighted by molar-refractivity contribution is 7.18. The maximum atomic E-state index is 11.5. The van der Waals surface area contributed by atoms with E-state index in [0.29, 0.717) is 22.0 Å². The number of ketones is 1. The molecule has 0 fully saturated rings. The summed E-state index contributed by atoms with van der Waals surface area (Å²) in [6.45, 7) is 1.96. The van der Waals surface area contributed by atoms with Gasteiger partial charge in [-0.3, -0.25) is 4.79 Å². The van der Waals surface area contributed by atoms with Crippen LogP contribution in [-0.2, 0) is 6.54 Å². The second kappa shape index (κ2) is 6.29. The van der Waals surface area contributed by atoms with Gasteiger partial charge < -0.3 is 15.8 Å². The van der Waals surface area contributed by atoms with Crippen LogP contribution in [0, 0.1) is 11.3 Å². The molecule has 108 valence electrons. The first-order valence-electron chi connectivity index (χ1n) is 6.27. The van der Waals surface area contributed by atoms with Gasteiger partial charge in [0.2, 0.25) is 0 Å². The van der Waals surface area contributed by atoms with E-state index in [0.717, 1.165) is 11.3 Å². The third-order valence-electron chi connectivity index (χ3n) is 2.96. The van der Waals surface area contributed by atoms with Crippen LogP contribution in [0.2, 0.25) is 0 Å². The molecule has 0 spiro atoms. The van der Waals surface area contributed by atoms with E-state index in [2.05, 4.69) is 5.32 Å². The van der Waals surface area contributed by atoms with Crippen LogP contribution >= 0.6 is 11.3 Å². The van der Waals surface area contributed by atoms with Gasteiger partial charge in [0, 0.05) is 13.5 Å². The van der Waals surface area contributed by atoms with Gasteiger partial charge in [0.05, 0.1) is 17.7 Å². The maximum absolute atomic E-state index is 11.5. The van der Waals surface area contributed by atoms with Crippen molar-refractivity contribution in [1.82, 2.24) is 0 Å². The van der Waals surface area contributed by atoms with Crippen LogP contribution in [0.1, 0.15) is 27.7 Å². The van der Waals surface area contributed by atoms with Gasteiger partial charge in [-0.15, -0.1) is 11.3 Å². The van der Waals surface area contributed by atoms with Gasteiger partial charge in [0.15, 0.2) is 5.78 Å². The van der Waals surface area contributed by atoms with Crippen molar-refractivity contribution in [3.63, 3.8) is 0 Å². The average molecular weight is 301 g/mol. The Hall–Kier alpha value is -2.52. The number of rotatable bonds is 5. The fraction of sp³-hybridized carbons (Fsp3) is 0.200. The SMILES string of the molecule is COc1cccc(CNc2sc(C(C)=O)c(N)c2C#N)c1. The average Bonchev–Trinajstić information content (AvgIpc) is 2.81. The summed E-state index contributed by atoms with van der Waals surface area (Å²) in [6.07, 6.45) is 0. The van der Waals surface area contributed by atoms with Crippen molar-refractivity contribution in [1.29, 1.82) is 5.26 Å². The lowest BCUT2D eigenvalue weighted by atomic mass is 10.2. The predicted molar refractivity (Wildman–Crippen MR) is 83.8 cm³/mol. The fourth-order valence-electron chi connectivity index (χ4n) is 1.91. The number of nitrogens with one attached hydrogen (secondary N) is 1. The van der Waals surface area contributed by atoms with Gasteiger partial charge >= 0.3 is 0 Å². The smallest absolute Gasteiger partial charge is 0.171 e. The minimum absolute atomic E-state index is 0.136. The van der Waals surface area contributed by atoms with Crippen LogP contribution in [-0.4, -0.2) is 12.9 Å². The van der Waals surface area contributed by atoms with Crippen LogP contribution in [0.25, 0.3) is 0 Å². The van der Waals surface area contributed by atoms with Gasteiger partial charge in [-0.2, -0.15) is 5.26 Å². The summed E-state index contributed by atoms with van der Waals surface area (Å²) in [5, 5.41) is 12.9. The number of nitrogens with two attached hydrogens (primary N) is 1. The Morgan fingerprint density at radius 3 is 2.90 bits per heavy atom. The lowest BCUT2D eigenvalue weighted by Crippen LogP contribution is -2.00. The van der Waals surface area contributed by atoms with E-state index in [1.807, 2.05) is 30.3 Å². The molecule has 0 unspecified atom stereocenters. The summed E-state index contributed by atoms with van der Waals surface area (Å²) in [4.78, 5) is 11.9. The minimum atomic E-state index is -0.136. The number of nitrogen functional groups attached to an aromatic ring is 1. The molecule has 5 nitrogen and oxygen atoms in total. The number of ether oxygens (including phenoxy) is 1. The number of hydrogen-bond donors (Lipinski definition) is 2. The monoisotopic (exact) mass is 301 g/mol. The first kappa shape index (κ1) is 14.9. The molecule has 0 saturated heterocycles. The second-order valence-corrected chi connectivity index (χ2v) is 5.44. The molecule has 1 aromatic carbocycles. The maximum Gasteiger partial charge on any atom is 0.171 e. The van der Waals surface area contributed by atoms with Crippen LogP contribution in [0.4, 0.5) is 10.7 Å². The third-order valence-corrected chi connectivity index (χ3v) is 4.23. The molecule has 1 heterocycles. The van der Waals surface area contributed by atoms with Crippen molar-refractivity contribution in [2.45, 2.75) is 13.5 Å². The standard InChI is InChI=1S/C15H15N3O2S/c1-9(19)14-13(17)12(7-16)15(21-14)18-8-10-4-3-5-11(6-10)20-2/h3-6,18H,8,17H2,1-2H3. The number of nitriles is 1. The van der Waals surface area contributed by atoms with E-state index in [-0.39, 0.29) is 11.5 Å². The second-order valence-electron chi connectivity index (χ2n) is 4.42. The summed E-state index contributed by atoms with van der Waals surface area (Å²) >= 11 is 1.21. The topological polar surface area (TPSA) is 88.1 Å². The molecular formula is C15H15N3O2S. The van der Waals surface area contributed by atoms with Crippen LogP contribution < -0.4 is 15.8 Å². The lowest BCUT2D eigenvalue weighted by molar-refractivity contribution is 0.102. The first-order chi connectivity index (χ1) is 10.1. The Morgan fingerprint density at radius 1 is 1.52 bits per heavy atom. The van der Waals surface area contributed by atoms with Crippen LogP contribution in [0.5, 0.6) is 5.75 Å². The van der Waals surface area contributed by atoms with Crippen LogP contribution in [0.3, 0.4) is 0 Å². The van der Waals surface area contributed by atoms with Crippen molar-refractivity contribution < 1.29 is 9.53 Å². The quantitative estimate of drug-likeness (QED) is 0.829. The van der Waals surface area contributed by atoms with Gasteiger partial charge in [0.1, 0.15) is 22.4 Å². The zero-order chi connectivity index (χ0) is 15.4. The number of methoxy groups -OCH3 is 1. The normalized spacial score (nSPS) is 9.95. The molecule has 3 N–H and O–H groups in total. The molecule has 0 atom stereocenters. The molecule has 0 aliphatic heterocycles. The Balaban J connectivity index is 2.22. The van der Waals surface area contributed by atoms with Crippen molar-refractivity contribution >= 4 is 27.8 Å². The molecule has 0 amide bonds. The number of benzene rings is 1. The molecule has 0 radical (unpaired) electrons. The van der Waals surface area contributed by atoms with E-state index in [1.54, 1.807) is 7.11 Å². The Bertz CT molecular complexity index is 716. The molecule has 0 saturated carbocycles. The van der Waals surface area contributed by atoms with Gasteiger partial charge in [-0.1, -0.05) is 12.1 Å². The molecular weight excluding hydrogens is 286 g/mol. The van der Waals surface area contributed by atoms with E-state index < -0.39 is 0 Å². The summed E-state index contributed by atoms with van der Waals surface area (Å²) in [6, 6.07) is 9.65. The van der Waals surface area contributed by atoms with E-state index in [4.69, 9.17) is 10.5 Å². The van der Waals surface area contributed by atoms with Crippen molar-refractivity contribution in [3.8, 4) is 11.8 Å². The van der Waals surface area contributed by atoms with Gasteiger partial charge in [0.25, 0.3) is 0 Å². The summed E-state index contributed by atoms with van der Waals surface area (Å²) in [5.41, 5.74) is 7.43. The lowest BCUT2D eigenvalue weighted by Gasteiger charge is -2.06. The number of carbonyl (C=O) groups is 1. The van der Waals surface area contributed by atoms with E-state index in [9.17, 15) is 10.1 Å². The summed E-state index contributed by atoms with van der Waals surface area (Å²) in [7, 11) is 1.61. The number of Topliss-reactive ketones (excluding diaryl/α,β-unsaturated/α-hetero) is 1. The first-order valence-corrected chi connectivity index (χ1v) is 7.08. The van der Waals surface area contributed by atoms with Crippen LogP contribution in [0.15, 0.2) is 24.3 Å². The summed E-state index contributed by atoms with van der Waals surface area (Å²) < 4.78 is 5.16. The molecule has 6 heteroatoms. The molecule has 1 aromatic heterocycles. The Morgan fingerprint density at radius 2 is 2.29 bits per heavy atom. The Kier molecular flexibility index (Phi) is 4.45. The highest BCUT2D eigenvalue weighted by atomic mass is 32.1. The number of thiophene rings is 1. The number of anilines is 2. The Labute approximate surface area is 127 Å². The molecule has 0 bridgehead atoms. The zero-order valence-electron chi connectivity index (χ0n) is 11.8. The molecule has 0 aliphatic carbocycles. The molecule has 2 rings (SSSR count). The number of nitrogens with zero attached hydrogens (tertiary/aromatic N) is 1. The molecule has 2 aromatic rings. The fourth-order valence-corrected chi connectivity index (χ4v) is 2.87. The number of hydrogen-bond acceptors (Lipinski definition) is 6. The van der Waals surface area contributed by atoms with Crippen molar-refractivity contribution in [2.24, 2.45) is 0 Å². The molecule has 21 heavy (non-hydrogen) atoms. The minimum Gasteiger partial charge on any atom is -0.497 e. The zero-order valence-corrected chi connectivity index (χ0v) is 12.6. The van der Waals surface area contributed by atoms with E-state index >= 15 is 0 Å². The highest BCUT2D eigenvalue weighted by Crippen LogP contribution is 2.35. The van der Waals surface area contributed by atoms with Crippen molar-refractivity contribution in [3.05, 3.63) is 40.3 Å². The predicted octanol–water partition coefficient (Wildman–Crippen LogP) is 3.03.